The van der Waals surface area contributed by atoms with Crippen molar-refractivity contribution in [2.75, 3.05) is 26.2 Å². The van der Waals surface area contributed by atoms with Gasteiger partial charge in [-0.1, -0.05) is 18.2 Å². The van der Waals surface area contributed by atoms with E-state index in [1.54, 1.807) is 18.3 Å². The van der Waals surface area contributed by atoms with Gasteiger partial charge in [-0.15, -0.1) is 0 Å². The van der Waals surface area contributed by atoms with Crippen LogP contribution in [0, 0.1) is 17.7 Å². The predicted molar refractivity (Wildman–Crippen MR) is 97.8 cm³/mol. The highest BCUT2D eigenvalue weighted by molar-refractivity contribution is 5.76. The van der Waals surface area contributed by atoms with E-state index in [1.807, 2.05) is 29.3 Å². The maximum atomic E-state index is 13.3. The minimum Gasteiger partial charge on any atom is -0.342 e. The molecule has 2 aromatic rings. The van der Waals surface area contributed by atoms with Gasteiger partial charge in [0, 0.05) is 51.5 Å². The Morgan fingerprint density at radius 3 is 2.54 bits per heavy atom. The normalized spacial score (nSPS) is 22.6. The van der Waals surface area contributed by atoms with E-state index in [2.05, 4.69) is 9.88 Å². The topological polar surface area (TPSA) is 36.4 Å². The zero-order valence-electron chi connectivity index (χ0n) is 14.9. The summed E-state index contributed by atoms with van der Waals surface area (Å²) in [6.07, 6.45) is 4.89. The van der Waals surface area contributed by atoms with E-state index >= 15 is 0 Å². The van der Waals surface area contributed by atoms with E-state index in [-0.39, 0.29) is 11.7 Å². The van der Waals surface area contributed by atoms with Crippen molar-refractivity contribution in [2.24, 2.45) is 11.8 Å². The minimum absolute atomic E-state index is 0.174. The van der Waals surface area contributed by atoms with Crippen LogP contribution >= 0.6 is 0 Å². The summed E-state index contributed by atoms with van der Waals surface area (Å²) >= 11 is 0. The molecule has 3 heterocycles. The molecular weight excluding hydrogens is 329 g/mol. The fourth-order valence-corrected chi connectivity index (χ4v) is 4.27. The summed E-state index contributed by atoms with van der Waals surface area (Å²) in [5.41, 5.74) is 2.14. The second-order valence-electron chi connectivity index (χ2n) is 7.50. The van der Waals surface area contributed by atoms with Crippen LogP contribution in [0.3, 0.4) is 0 Å². The van der Waals surface area contributed by atoms with Gasteiger partial charge in [0.25, 0.3) is 0 Å². The first-order chi connectivity index (χ1) is 12.7. The Kier molecular flexibility index (Phi) is 4.98. The number of hydrogen-bond acceptors (Lipinski definition) is 3. The number of amides is 1. The Morgan fingerprint density at radius 1 is 1.08 bits per heavy atom. The quantitative estimate of drug-likeness (QED) is 0.829. The molecule has 2 atom stereocenters. The number of nitrogens with zero attached hydrogens (tertiary/aromatic N) is 3. The van der Waals surface area contributed by atoms with E-state index in [0.29, 0.717) is 18.3 Å². The highest BCUT2D eigenvalue weighted by Crippen LogP contribution is 2.32. The van der Waals surface area contributed by atoms with Crippen molar-refractivity contribution >= 4 is 5.91 Å². The van der Waals surface area contributed by atoms with E-state index in [4.69, 9.17) is 0 Å². The van der Waals surface area contributed by atoms with E-state index in [0.717, 1.165) is 50.3 Å². The van der Waals surface area contributed by atoms with Crippen LogP contribution in [0.5, 0.6) is 0 Å². The van der Waals surface area contributed by atoms with Gasteiger partial charge in [0.05, 0.1) is 0 Å². The molecule has 2 fully saturated rings. The zero-order chi connectivity index (χ0) is 17.9. The summed E-state index contributed by atoms with van der Waals surface area (Å²) in [6.45, 7) is 4.49. The molecule has 5 heteroatoms. The summed E-state index contributed by atoms with van der Waals surface area (Å²) in [6, 6.07) is 10.8. The molecule has 1 aromatic heterocycles. The van der Waals surface area contributed by atoms with Crippen molar-refractivity contribution in [1.82, 2.24) is 14.8 Å². The average Bonchev–Trinajstić information content (AvgIpc) is 3.19. The van der Waals surface area contributed by atoms with Gasteiger partial charge in [0.2, 0.25) is 5.91 Å². The number of fused-ring (bicyclic) bond motifs is 1. The lowest BCUT2D eigenvalue weighted by Gasteiger charge is -2.21. The van der Waals surface area contributed by atoms with Crippen molar-refractivity contribution in [3.63, 3.8) is 0 Å². The van der Waals surface area contributed by atoms with Gasteiger partial charge in [-0.3, -0.25) is 14.7 Å². The maximum Gasteiger partial charge on any atom is 0.222 e. The molecule has 0 radical (unpaired) electrons. The molecule has 26 heavy (non-hydrogen) atoms. The first-order valence-electron chi connectivity index (χ1n) is 9.31. The van der Waals surface area contributed by atoms with Crippen LogP contribution in [0.15, 0.2) is 48.8 Å². The largest absolute Gasteiger partial charge is 0.342 e. The molecule has 136 valence electrons. The molecule has 0 N–H and O–H groups in total. The Bertz CT molecular complexity index is 753. The SMILES string of the molecule is O=C(CCc1cccnc1)N1C[C@H]2CN(Cc3cccc(F)c3)C[C@@H]2C1. The van der Waals surface area contributed by atoms with Gasteiger partial charge in [-0.2, -0.15) is 0 Å². The second kappa shape index (κ2) is 7.54. The predicted octanol–water partition coefficient (Wildman–Crippen LogP) is 2.74. The van der Waals surface area contributed by atoms with Gasteiger partial charge in [-0.25, -0.2) is 4.39 Å². The third-order valence-electron chi connectivity index (χ3n) is 5.56. The Labute approximate surface area is 153 Å². The number of likely N-dealkylation sites (tertiary alicyclic amines) is 2. The first-order valence-corrected chi connectivity index (χ1v) is 9.31. The summed E-state index contributed by atoms with van der Waals surface area (Å²) in [7, 11) is 0. The lowest BCUT2D eigenvalue weighted by Crippen LogP contribution is -2.33. The van der Waals surface area contributed by atoms with Crippen LogP contribution in [0.2, 0.25) is 0 Å². The number of aromatic nitrogens is 1. The molecule has 0 bridgehead atoms. The van der Waals surface area contributed by atoms with Crippen LogP contribution in [0.1, 0.15) is 17.5 Å². The average molecular weight is 353 g/mol. The highest BCUT2D eigenvalue weighted by Gasteiger charge is 2.41. The van der Waals surface area contributed by atoms with E-state index < -0.39 is 0 Å². The van der Waals surface area contributed by atoms with Crippen LogP contribution in [-0.4, -0.2) is 46.9 Å². The Morgan fingerprint density at radius 2 is 1.85 bits per heavy atom. The molecule has 0 spiro atoms. The van der Waals surface area contributed by atoms with Crippen molar-refractivity contribution in [3.8, 4) is 0 Å². The van der Waals surface area contributed by atoms with Gasteiger partial charge >= 0.3 is 0 Å². The smallest absolute Gasteiger partial charge is 0.222 e. The third-order valence-corrected chi connectivity index (χ3v) is 5.56. The Hall–Kier alpha value is -2.27. The van der Waals surface area contributed by atoms with Crippen molar-refractivity contribution < 1.29 is 9.18 Å². The molecule has 4 rings (SSSR count). The zero-order valence-corrected chi connectivity index (χ0v) is 14.9. The van der Waals surface area contributed by atoms with Crippen LogP contribution < -0.4 is 0 Å². The lowest BCUT2D eigenvalue weighted by atomic mass is 10.0. The molecule has 2 aliphatic heterocycles. The summed E-state index contributed by atoms with van der Waals surface area (Å²) in [5, 5.41) is 0. The summed E-state index contributed by atoms with van der Waals surface area (Å²) in [4.78, 5) is 21.0. The standard InChI is InChI=1S/C21H24FN3O/c22-20-5-1-3-17(9-20)11-24-12-18-14-25(15-19(18)13-24)21(26)7-6-16-4-2-8-23-10-16/h1-5,8-10,18-19H,6-7,11-15H2/t18-,19-/m1/s1. The van der Waals surface area contributed by atoms with Crippen LogP contribution in [-0.2, 0) is 17.8 Å². The molecule has 0 saturated carbocycles. The van der Waals surface area contributed by atoms with Crippen LogP contribution in [0.4, 0.5) is 4.39 Å². The number of carbonyl (C=O) groups is 1. The van der Waals surface area contributed by atoms with Gasteiger partial charge in [0.1, 0.15) is 5.82 Å². The monoisotopic (exact) mass is 353 g/mol. The number of pyridine rings is 1. The number of carbonyl (C=O) groups excluding carboxylic acids is 1. The third kappa shape index (κ3) is 3.93. The number of hydrogen-bond donors (Lipinski definition) is 0. The minimum atomic E-state index is -0.174. The summed E-state index contributed by atoms with van der Waals surface area (Å²) < 4.78 is 13.3. The molecule has 4 nitrogen and oxygen atoms in total. The lowest BCUT2D eigenvalue weighted by molar-refractivity contribution is -0.130. The molecule has 2 saturated heterocycles. The van der Waals surface area contributed by atoms with Crippen LogP contribution in [0.25, 0.3) is 0 Å². The maximum absolute atomic E-state index is 13.3. The number of aryl methyl sites for hydroxylation is 1. The molecule has 0 aliphatic carbocycles. The Balaban J connectivity index is 1.26. The van der Waals surface area contributed by atoms with E-state index in [9.17, 15) is 9.18 Å². The number of halogens is 1. The van der Waals surface area contributed by atoms with E-state index in [1.165, 1.54) is 6.07 Å². The molecule has 1 amide bonds. The van der Waals surface area contributed by atoms with Gasteiger partial charge < -0.3 is 4.90 Å². The fraction of sp³-hybridized carbons (Fsp3) is 0.429. The molecular formula is C21H24FN3O. The van der Waals surface area contributed by atoms with Crippen molar-refractivity contribution in [3.05, 3.63) is 65.7 Å². The molecule has 2 aliphatic rings. The van der Waals surface area contributed by atoms with Gasteiger partial charge in [0.15, 0.2) is 0 Å². The van der Waals surface area contributed by atoms with Crippen molar-refractivity contribution in [1.29, 1.82) is 0 Å². The van der Waals surface area contributed by atoms with Crippen molar-refractivity contribution in [2.45, 2.75) is 19.4 Å². The van der Waals surface area contributed by atoms with Gasteiger partial charge in [-0.05, 0) is 47.6 Å². The fourth-order valence-electron chi connectivity index (χ4n) is 4.27. The molecule has 0 unspecified atom stereocenters. The molecule has 1 aromatic carbocycles. The summed E-state index contributed by atoms with van der Waals surface area (Å²) in [5.74, 6) is 1.17. The second-order valence-corrected chi connectivity index (χ2v) is 7.50. The number of benzene rings is 1. The first kappa shape index (κ1) is 17.2. The number of rotatable bonds is 5. The highest BCUT2D eigenvalue weighted by atomic mass is 19.1.